The first-order chi connectivity index (χ1) is 20.5. The molecule has 1 aliphatic heterocycles. The van der Waals surface area contributed by atoms with Crippen LogP contribution >= 0.6 is 0 Å². The molecular weight excluding hydrogens is 530 g/mol. The lowest BCUT2D eigenvalue weighted by Crippen LogP contribution is -2.32. The molecule has 3 aromatic carbocycles. The van der Waals surface area contributed by atoms with Gasteiger partial charge in [0.05, 0.1) is 24.5 Å². The fraction of sp³-hybridized carbons (Fsp3) is 0.206. The van der Waals surface area contributed by atoms with Crippen molar-refractivity contribution in [1.82, 2.24) is 14.5 Å². The van der Waals surface area contributed by atoms with Crippen LogP contribution in [-0.2, 0) is 22.7 Å². The van der Waals surface area contributed by atoms with Crippen LogP contribution in [0.3, 0.4) is 0 Å². The summed E-state index contributed by atoms with van der Waals surface area (Å²) in [4.78, 5) is 32.5. The number of aromatic nitrogens is 2. The monoisotopic (exact) mass is 563 g/mol. The quantitative estimate of drug-likeness (QED) is 0.203. The highest BCUT2D eigenvalue weighted by Gasteiger charge is 2.42. The van der Waals surface area contributed by atoms with Crippen LogP contribution in [0.4, 0.5) is 0 Å². The SMILES string of the molecule is CCOc1cc(C2C(C(=O)C=Cc3ccccc3)=C(O)C(=O)N2CCCn2ccnc2)ccc1OCc1ccccc1. The molecule has 1 atom stereocenters. The van der Waals surface area contributed by atoms with Crippen molar-refractivity contribution < 1.29 is 24.2 Å². The molecule has 0 aliphatic carbocycles. The largest absolute Gasteiger partial charge is 0.503 e. The van der Waals surface area contributed by atoms with E-state index < -0.39 is 23.5 Å². The minimum Gasteiger partial charge on any atom is -0.503 e. The van der Waals surface area contributed by atoms with Crippen LogP contribution in [0.1, 0.15) is 36.1 Å². The Morgan fingerprint density at radius 1 is 0.976 bits per heavy atom. The van der Waals surface area contributed by atoms with E-state index in [1.54, 1.807) is 35.6 Å². The first-order valence-electron chi connectivity index (χ1n) is 14.0. The minimum atomic E-state index is -0.796. The Bertz CT molecular complexity index is 1560. The van der Waals surface area contributed by atoms with Gasteiger partial charge in [0.25, 0.3) is 5.91 Å². The van der Waals surface area contributed by atoms with Gasteiger partial charge in [0.15, 0.2) is 23.0 Å². The summed E-state index contributed by atoms with van der Waals surface area (Å²) in [6.07, 6.45) is 8.94. The Kier molecular flexibility index (Phi) is 9.13. The van der Waals surface area contributed by atoms with Gasteiger partial charge in [0.2, 0.25) is 0 Å². The van der Waals surface area contributed by atoms with Gasteiger partial charge >= 0.3 is 0 Å². The van der Waals surface area contributed by atoms with Crippen molar-refractivity contribution in [3.63, 3.8) is 0 Å². The van der Waals surface area contributed by atoms with E-state index in [0.717, 1.165) is 11.1 Å². The Labute approximate surface area is 245 Å². The molecule has 0 saturated carbocycles. The van der Waals surface area contributed by atoms with Crippen LogP contribution in [0.2, 0.25) is 0 Å². The van der Waals surface area contributed by atoms with Crippen molar-refractivity contribution in [2.45, 2.75) is 32.5 Å². The smallest absolute Gasteiger partial charge is 0.290 e. The van der Waals surface area contributed by atoms with Crippen LogP contribution in [0, 0.1) is 0 Å². The predicted molar refractivity (Wildman–Crippen MR) is 160 cm³/mol. The summed E-state index contributed by atoms with van der Waals surface area (Å²) in [7, 11) is 0. The summed E-state index contributed by atoms with van der Waals surface area (Å²) in [5, 5.41) is 11.0. The second-order valence-corrected chi connectivity index (χ2v) is 9.84. The number of aliphatic hydroxyl groups excluding tert-OH is 1. The summed E-state index contributed by atoms with van der Waals surface area (Å²) < 4.78 is 13.9. The van der Waals surface area contributed by atoms with E-state index in [1.165, 1.54) is 6.08 Å². The fourth-order valence-corrected chi connectivity index (χ4v) is 4.97. The number of aliphatic hydroxyl groups is 1. The molecule has 8 nitrogen and oxygen atoms in total. The fourth-order valence-electron chi connectivity index (χ4n) is 4.97. The summed E-state index contributed by atoms with van der Waals surface area (Å²) in [6.45, 7) is 3.59. The van der Waals surface area contributed by atoms with Gasteiger partial charge in [-0.2, -0.15) is 0 Å². The number of carbonyl (C=O) groups is 2. The van der Waals surface area contributed by atoms with E-state index >= 15 is 0 Å². The molecule has 1 N–H and O–H groups in total. The number of amides is 1. The maximum atomic E-state index is 13.5. The summed E-state index contributed by atoms with van der Waals surface area (Å²) in [6, 6.07) is 23.8. The highest BCUT2D eigenvalue weighted by atomic mass is 16.5. The first-order valence-corrected chi connectivity index (χ1v) is 14.0. The van der Waals surface area contributed by atoms with Crippen molar-refractivity contribution in [3.8, 4) is 11.5 Å². The van der Waals surface area contributed by atoms with E-state index in [1.807, 2.05) is 84.4 Å². The number of hydrogen-bond acceptors (Lipinski definition) is 6. The van der Waals surface area contributed by atoms with Crippen LogP contribution in [0.15, 0.2) is 115 Å². The minimum absolute atomic E-state index is 0.0372. The van der Waals surface area contributed by atoms with E-state index in [4.69, 9.17) is 9.47 Å². The zero-order valence-electron chi connectivity index (χ0n) is 23.4. The maximum absolute atomic E-state index is 13.5. The standard InChI is InChI=1S/C34H33N3O5/c1-2-41-30-22-27(15-17-29(30)42-23-26-12-7-4-8-13-26)32-31(28(38)16-14-25-10-5-3-6-11-25)33(39)34(40)37(32)20-9-19-36-21-18-35-24-36/h3-8,10-18,21-22,24,32,39H,2,9,19-20,23H2,1H3. The molecule has 8 heteroatoms. The molecular formula is C34H33N3O5. The van der Waals surface area contributed by atoms with E-state index in [2.05, 4.69) is 4.98 Å². The molecule has 2 heterocycles. The highest BCUT2D eigenvalue weighted by molar-refractivity contribution is 6.14. The molecule has 0 radical (unpaired) electrons. The van der Waals surface area contributed by atoms with Crippen molar-refractivity contribution in [3.05, 3.63) is 132 Å². The molecule has 42 heavy (non-hydrogen) atoms. The molecule has 0 saturated heterocycles. The number of ketones is 1. The van der Waals surface area contributed by atoms with Crippen LogP contribution in [0.25, 0.3) is 6.08 Å². The molecule has 5 rings (SSSR count). The Balaban J connectivity index is 1.46. The zero-order chi connectivity index (χ0) is 29.3. The number of allylic oxidation sites excluding steroid dienone is 1. The number of carbonyl (C=O) groups excluding carboxylic acids is 2. The van der Waals surface area contributed by atoms with Crippen LogP contribution in [0.5, 0.6) is 11.5 Å². The van der Waals surface area contributed by atoms with Gasteiger partial charge in [-0.05, 0) is 48.2 Å². The molecule has 0 spiro atoms. The van der Waals surface area contributed by atoms with E-state index in [-0.39, 0.29) is 5.57 Å². The highest BCUT2D eigenvalue weighted by Crippen LogP contribution is 2.41. The van der Waals surface area contributed by atoms with Gasteiger partial charge in [0, 0.05) is 25.5 Å². The van der Waals surface area contributed by atoms with Gasteiger partial charge < -0.3 is 24.0 Å². The topological polar surface area (TPSA) is 93.9 Å². The summed E-state index contributed by atoms with van der Waals surface area (Å²) >= 11 is 0. The number of nitrogens with zero attached hydrogens (tertiary/aromatic N) is 3. The van der Waals surface area contributed by atoms with Gasteiger partial charge in [0.1, 0.15) is 6.61 Å². The van der Waals surface area contributed by atoms with Crippen LogP contribution in [-0.4, -0.2) is 44.4 Å². The van der Waals surface area contributed by atoms with Crippen molar-refractivity contribution in [2.24, 2.45) is 0 Å². The lowest BCUT2D eigenvalue weighted by atomic mass is 9.95. The molecule has 1 unspecified atom stereocenters. The third kappa shape index (κ3) is 6.61. The summed E-state index contributed by atoms with van der Waals surface area (Å²) in [5.74, 6) is -0.508. The Hall–Kier alpha value is -5.11. The number of rotatable bonds is 13. The van der Waals surface area contributed by atoms with Gasteiger partial charge in [-0.15, -0.1) is 0 Å². The normalized spacial score (nSPS) is 15.0. The zero-order valence-corrected chi connectivity index (χ0v) is 23.4. The van der Waals surface area contributed by atoms with Gasteiger partial charge in [-0.3, -0.25) is 9.59 Å². The molecule has 214 valence electrons. The van der Waals surface area contributed by atoms with Crippen molar-refractivity contribution in [1.29, 1.82) is 0 Å². The van der Waals surface area contributed by atoms with Crippen molar-refractivity contribution >= 4 is 17.8 Å². The number of ether oxygens (including phenoxy) is 2. The number of benzene rings is 3. The molecule has 1 aromatic heterocycles. The van der Waals surface area contributed by atoms with Gasteiger partial charge in [-0.25, -0.2) is 4.98 Å². The molecule has 4 aromatic rings. The van der Waals surface area contributed by atoms with Crippen molar-refractivity contribution in [2.75, 3.05) is 13.2 Å². The molecule has 1 aliphatic rings. The second kappa shape index (κ2) is 13.5. The average Bonchev–Trinajstić information content (AvgIpc) is 3.63. The van der Waals surface area contributed by atoms with E-state index in [0.29, 0.717) is 49.8 Å². The Morgan fingerprint density at radius 3 is 2.45 bits per heavy atom. The lowest BCUT2D eigenvalue weighted by Gasteiger charge is -2.27. The molecule has 1 amide bonds. The number of imidazole rings is 1. The third-order valence-corrected chi connectivity index (χ3v) is 6.99. The third-order valence-electron chi connectivity index (χ3n) is 6.99. The lowest BCUT2D eigenvalue weighted by molar-refractivity contribution is -0.129. The van der Waals surface area contributed by atoms with Gasteiger partial charge in [-0.1, -0.05) is 72.8 Å². The number of hydrogen-bond donors (Lipinski definition) is 1. The van der Waals surface area contributed by atoms with E-state index in [9.17, 15) is 14.7 Å². The Morgan fingerprint density at radius 2 is 1.74 bits per heavy atom. The molecule has 0 bridgehead atoms. The molecule has 0 fully saturated rings. The average molecular weight is 564 g/mol. The first kappa shape index (κ1) is 28.4. The second-order valence-electron chi connectivity index (χ2n) is 9.84. The summed E-state index contributed by atoms with van der Waals surface area (Å²) in [5.41, 5.74) is 2.53. The number of aryl methyl sites for hydroxylation is 1. The maximum Gasteiger partial charge on any atom is 0.290 e. The van der Waals surface area contributed by atoms with Crippen LogP contribution < -0.4 is 9.47 Å². The predicted octanol–water partition coefficient (Wildman–Crippen LogP) is 5.93.